The van der Waals surface area contributed by atoms with Gasteiger partial charge in [-0.2, -0.15) is 0 Å². The van der Waals surface area contributed by atoms with Crippen molar-refractivity contribution in [1.29, 1.82) is 0 Å². The first-order chi connectivity index (χ1) is 6.83. The van der Waals surface area contributed by atoms with Crippen LogP contribution in [0.4, 0.5) is 0 Å². The number of carbonyl (C=O) groups is 1. The van der Waals surface area contributed by atoms with Crippen LogP contribution < -0.4 is 5.32 Å². The van der Waals surface area contributed by atoms with Gasteiger partial charge < -0.3 is 15.0 Å². The molecule has 1 aliphatic rings. The first kappa shape index (κ1) is 11.5. The Labute approximate surface area is 85.6 Å². The molecule has 0 aromatic carbocycles. The van der Waals surface area contributed by atoms with Crippen molar-refractivity contribution in [2.24, 2.45) is 0 Å². The molecule has 1 heterocycles. The molecular formula is C10H20N2O2. The summed E-state index contributed by atoms with van der Waals surface area (Å²) in [5.41, 5.74) is 0. The van der Waals surface area contributed by atoms with Crippen LogP contribution in [0.25, 0.3) is 0 Å². The van der Waals surface area contributed by atoms with Gasteiger partial charge in [0.05, 0.1) is 7.11 Å². The maximum Gasteiger partial charge on any atom is 0.305 e. The fourth-order valence-corrected chi connectivity index (χ4v) is 1.64. The van der Waals surface area contributed by atoms with E-state index in [0.717, 1.165) is 45.6 Å². The fraction of sp³-hybridized carbons (Fsp3) is 0.900. The number of methoxy groups -OCH3 is 1. The van der Waals surface area contributed by atoms with E-state index in [1.165, 1.54) is 7.11 Å². The molecule has 0 aromatic rings. The van der Waals surface area contributed by atoms with Gasteiger partial charge in [-0.25, -0.2) is 0 Å². The molecule has 82 valence electrons. The van der Waals surface area contributed by atoms with Crippen molar-refractivity contribution >= 4 is 5.97 Å². The number of esters is 1. The maximum atomic E-state index is 10.8. The van der Waals surface area contributed by atoms with E-state index in [-0.39, 0.29) is 5.97 Å². The first-order valence-electron chi connectivity index (χ1n) is 5.33. The summed E-state index contributed by atoms with van der Waals surface area (Å²) in [5.74, 6) is -0.0923. The van der Waals surface area contributed by atoms with E-state index in [0.29, 0.717) is 6.42 Å². The molecular weight excluding hydrogens is 180 g/mol. The highest BCUT2D eigenvalue weighted by Crippen LogP contribution is 2.01. The highest BCUT2D eigenvalue weighted by atomic mass is 16.5. The molecule has 0 spiro atoms. The molecule has 4 nitrogen and oxygen atoms in total. The van der Waals surface area contributed by atoms with Gasteiger partial charge in [0, 0.05) is 32.6 Å². The smallest absolute Gasteiger partial charge is 0.305 e. The second-order valence-electron chi connectivity index (χ2n) is 3.62. The highest BCUT2D eigenvalue weighted by Gasteiger charge is 2.08. The molecule has 0 radical (unpaired) electrons. The zero-order chi connectivity index (χ0) is 10.2. The van der Waals surface area contributed by atoms with Gasteiger partial charge in [0.25, 0.3) is 0 Å². The Morgan fingerprint density at radius 1 is 1.36 bits per heavy atom. The van der Waals surface area contributed by atoms with Crippen molar-refractivity contribution in [2.45, 2.75) is 19.3 Å². The second kappa shape index (κ2) is 6.79. The van der Waals surface area contributed by atoms with Crippen molar-refractivity contribution in [3.63, 3.8) is 0 Å². The quantitative estimate of drug-likeness (QED) is 0.510. The lowest BCUT2D eigenvalue weighted by molar-refractivity contribution is -0.140. The van der Waals surface area contributed by atoms with Crippen LogP contribution in [0, 0.1) is 0 Å². The van der Waals surface area contributed by atoms with E-state index in [2.05, 4.69) is 15.0 Å². The Morgan fingerprint density at radius 2 is 2.07 bits per heavy atom. The second-order valence-corrected chi connectivity index (χ2v) is 3.62. The summed E-state index contributed by atoms with van der Waals surface area (Å²) in [4.78, 5) is 13.3. The molecule has 0 aromatic heterocycles. The summed E-state index contributed by atoms with van der Waals surface area (Å²) in [5, 5.41) is 3.32. The van der Waals surface area contributed by atoms with E-state index in [4.69, 9.17) is 0 Å². The van der Waals surface area contributed by atoms with Crippen LogP contribution >= 0.6 is 0 Å². The lowest BCUT2D eigenvalue weighted by Gasteiger charge is -2.26. The highest BCUT2D eigenvalue weighted by molar-refractivity contribution is 5.68. The molecule has 0 aliphatic carbocycles. The molecule has 4 heteroatoms. The minimum atomic E-state index is -0.0923. The van der Waals surface area contributed by atoms with Crippen molar-refractivity contribution in [1.82, 2.24) is 10.2 Å². The molecule has 1 saturated heterocycles. The Kier molecular flexibility index (Phi) is 5.56. The predicted molar refractivity (Wildman–Crippen MR) is 55.2 cm³/mol. The van der Waals surface area contributed by atoms with Gasteiger partial charge in [0.15, 0.2) is 0 Å². The fourth-order valence-electron chi connectivity index (χ4n) is 1.64. The zero-order valence-corrected chi connectivity index (χ0v) is 8.92. The van der Waals surface area contributed by atoms with Gasteiger partial charge in [0.2, 0.25) is 0 Å². The number of ether oxygens (including phenoxy) is 1. The van der Waals surface area contributed by atoms with Gasteiger partial charge in [-0.1, -0.05) is 0 Å². The van der Waals surface area contributed by atoms with E-state index >= 15 is 0 Å². The van der Waals surface area contributed by atoms with Crippen molar-refractivity contribution in [2.75, 3.05) is 39.8 Å². The van der Waals surface area contributed by atoms with Crippen LogP contribution in [0.15, 0.2) is 0 Å². The van der Waals surface area contributed by atoms with Gasteiger partial charge in [-0.3, -0.25) is 4.79 Å². The van der Waals surface area contributed by atoms with Gasteiger partial charge in [-0.05, 0) is 19.4 Å². The number of hydrogen-bond acceptors (Lipinski definition) is 4. The van der Waals surface area contributed by atoms with Crippen LogP contribution in [-0.2, 0) is 9.53 Å². The predicted octanol–water partition coefficient (Wildman–Crippen LogP) is 0.235. The average Bonchev–Trinajstić information content (AvgIpc) is 2.25. The van der Waals surface area contributed by atoms with E-state index in [9.17, 15) is 4.79 Å². The van der Waals surface area contributed by atoms with Gasteiger partial charge in [0.1, 0.15) is 0 Å². The zero-order valence-electron chi connectivity index (χ0n) is 8.92. The third-order valence-electron chi connectivity index (χ3n) is 2.54. The van der Waals surface area contributed by atoms with Crippen molar-refractivity contribution in [3.05, 3.63) is 0 Å². The van der Waals surface area contributed by atoms with E-state index in [1.807, 2.05) is 0 Å². The molecule has 14 heavy (non-hydrogen) atoms. The van der Waals surface area contributed by atoms with Gasteiger partial charge in [-0.15, -0.1) is 0 Å². The number of rotatable bonds is 5. The summed E-state index contributed by atoms with van der Waals surface area (Å²) < 4.78 is 4.58. The van der Waals surface area contributed by atoms with Crippen LogP contribution in [0.2, 0.25) is 0 Å². The lowest BCUT2D eigenvalue weighted by Crippen LogP contribution is -2.43. The average molecular weight is 200 g/mol. The number of piperazine rings is 1. The molecule has 0 amide bonds. The van der Waals surface area contributed by atoms with E-state index < -0.39 is 0 Å². The summed E-state index contributed by atoms with van der Waals surface area (Å²) in [6.07, 6.45) is 2.59. The van der Waals surface area contributed by atoms with Gasteiger partial charge >= 0.3 is 5.97 Å². The van der Waals surface area contributed by atoms with Crippen LogP contribution in [-0.4, -0.2) is 50.7 Å². The van der Waals surface area contributed by atoms with Crippen LogP contribution in [0.1, 0.15) is 19.3 Å². The molecule has 0 saturated carbocycles. The molecule has 0 unspecified atom stereocenters. The molecule has 1 fully saturated rings. The number of unbranched alkanes of at least 4 members (excludes halogenated alkanes) is 1. The van der Waals surface area contributed by atoms with Crippen LogP contribution in [0.3, 0.4) is 0 Å². The monoisotopic (exact) mass is 200 g/mol. The minimum absolute atomic E-state index is 0.0923. The molecule has 0 bridgehead atoms. The third kappa shape index (κ3) is 4.58. The summed E-state index contributed by atoms with van der Waals surface area (Å²) in [7, 11) is 1.44. The number of nitrogens with one attached hydrogen (secondary N) is 1. The maximum absolute atomic E-state index is 10.8. The first-order valence-corrected chi connectivity index (χ1v) is 5.33. The Bertz CT molecular complexity index is 168. The lowest BCUT2D eigenvalue weighted by atomic mass is 10.2. The molecule has 0 atom stereocenters. The van der Waals surface area contributed by atoms with Crippen molar-refractivity contribution in [3.8, 4) is 0 Å². The number of carbonyl (C=O) groups excluding carboxylic acids is 1. The number of nitrogens with zero attached hydrogens (tertiary/aromatic N) is 1. The normalized spacial score (nSPS) is 18.1. The molecule has 1 rings (SSSR count). The minimum Gasteiger partial charge on any atom is -0.469 e. The topological polar surface area (TPSA) is 41.6 Å². The van der Waals surface area contributed by atoms with Crippen LogP contribution in [0.5, 0.6) is 0 Å². The summed E-state index contributed by atoms with van der Waals surface area (Å²) in [6.45, 7) is 5.57. The SMILES string of the molecule is COC(=O)CCCCN1CCNCC1. The Hall–Kier alpha value is -0.610. The molecule has 1 N–H and O–H groups in total. The Morgan fingerprint density at radius 3 is 2.71 bits per heavy atom. The standard InChI is InChI=1S/C10H20N2O2/c1-14-10(13)4-2-3-7-12-8-5-11-6-9-12/h11H,2-9H2,1H3. The summed E-state index contributed by atoms with van der Waals surface area (Å²) >= 11 is 0. The molecule has 1 aliphatic heterocycles. The van der Waals surface area contributed by atoms with E-state index in [1.54, 1.807) is 0 Å². The summed E-state index contributed by atoms with van der Waals surface area (Å²) in [6, 6.07) is 0. The Balaban J connectivity index is 1.94. The van der Waals surface area contributed by atoms with Crippen molar-refractivity contribution < 1.29 is 9.53 Å². The number of hydrogen-bond donors (Lipinski definition) is 1. The largest absolute Gasteiger partial charge is 0.469 e. The third-order valence-corrected chi connectivity index (χ3v) is 2.54.